The highest BCUT2D eigenvalue weighted by atomic mass is 35.5. The van der Waals surface area contributed by atoms with E-state index >= 15 is 0 Å². The van der Waals surface area contributed by atoms with E-state index in [1.54, 1.807) is 6.20 Å². The summed E-state index contributed by atoms with van der Waals surface area (Å²) >= 11 is 6.06. The molecule has 0 saturated carbocycles. The second kappa shape index (κ2) is 3.35. The Morgan fingerprint density at radius 2 is 2.15 bits per heavy atom. The van der Waals surface area contributed by atoms with E-state index in [-0.39, 0.29) is 5.38 Å². The van der Waals surface area contributed by atoms with Gasteiger partial charge in [-0.1, -0.05) is 18.2 Å². The summed E-state index contributed by atoms with van der Waals surface area (Å²) in [5, 5.41) is 2.39. The first-order valence-corrected chi connectivity index (χ1v) is 4.69. The molecule has 0 spiro atoms. The van der Waals surface area contributed by atoms with Gasteiger partial charge in [-0.2, -0.15) is 0 Å². The van der Waals surface area contributed by atoms with Gasteiger partial charge in [-0.25, -0.2) is 0 Å². The lowest BCUT2D eigenvalue weighted by atomic mass is 10.0. The summed E-state index contributed by atoms with van der Waals surface area (Å²) in [6.07, 6.45) is 3.66. The van der Waals surface area contributed by atoms with Gasteiger partial charge in [-0.3, -0.25) is 4.98 Å². The minimum absolute atomic E-state index is 0.0473. The first-order chi connectivity index (χ1) is 6.29. The number of alkyl halides is 1. The quantitative estimate of drug-likeness (QED) is 0.629. The van der Waals surface area contributed by atoms with Crippen LogP contribution in [0.3, 0.4) is 0 Å². The Bertz CT molecular complexity index is 418. The van der Waals surface area contributed by atoms with Crippen molar-refractivity contribution in [2.45, 2.75) is 12.3 Å². The zero-order valence-electron chi connectivity index (χ0n) is 7.37. The zero-order valence-corrected chi connectivity index (χ0v) is 8.12. The second-order valence-electron chi connectivity index (χ2n) is 3.06. The van der Waals surface area contributed by atoms with Gasteiger partial charge in [0, 0.05) is 17.8 Å². The van der Waals surface area contributed by atoms with E-state index in [0.29, 0.717) is 0 Å². The van der Waals surface area contributed by atoms with Crippen LogP contribution in [-0.2, 0) is 0 Å². The summed E-state index contributed by atoms with van der Waals surface area (Å²) in [5.41, 5.74) is 1.17. The van der Waals surface area contributed by atoms with Crippen molar-refractivity contribution in [3.63, 3.8) is 0 Å². The van der Waals surface area contributed by atoms with Crippen molar-refractivity contribution in [2.75, 3.05) is 0 Å². The summed E-state index contributed by atoms with van der Waals surface area (Å²) < 4.78 is 0. The van der Waals surface area contributed by atoms with Gasteiger partial charge in [0.2, 0.25) is 0 Å². The third kappa shape index (κ3) is 1.52. The molecule has 1 aromatic heterocycles. The minimum atomic E-state index is 0.0473. The molecule has 1 unspecified atom stereocenters. The van der Waals surface area contributed by atoms with Crippen molar-refractivity contribution >= 4 is 22.4 Å². The molecule has 0 amide bonds. The number of hydrogen-bond donors (Lipinski definition) is 0. The fraction of sp³-hybridized carbons (Fsp3) is 0.182. The molecule has 1 nitrogen and oxygen atoms in total. The van der Waals surface area contributed by atoms with Gasteiger partial charge in [0.05, 0.1) is 5.38 Å². The van der Waals surface area contributed by atoms with Crippen LogP contribution in [0.2, 0.25) is 0 Å². The number of benzene rings is 1. The predicted molar refractivity (Wildman–Crippen MR) is 56.0 cm³/mol. The van der Waals surface area contributed by atoms with Crippen molar-refractivity contribution in [1.29, 1.82) is 0 Å². The largest absolute Gasteiger partial charge is 0.264 e. The molecule has 0 aliphatic carbocycles. The normalized spacial score (nSPS) is 13.1. The number of rotatable bonds is 1. The van der Waals surface area contributed by atoms with Gasteiger partial charge < -0.3 is 0 Å². The van der Waals surface area contributed by atoms with E-state index in [9.17, 15) is 0 Å². The molecule has 2 rings (SSSR count). The van der Waals surface area contributed by atoms with Crippen molar-refractivity contribution in [3.05, 3.63) is 42.2 Å². The maximum absolute atomic E-state index is 6.06. The summed E-state index contributed by atoms with van der Waals surface area (Å²) in [6, 6.07) is 8.12. The van der Waals surface area contributed by atoms with Gasteiger partial charge in [-0.05, 0) is 23.9 Å². The van der Waals surface area contributed by atoms with E-state index < -0.39 is 0 Å². The minimum Gasteiger partial charge on any atom is -0.264 e. The Kier molecular flexibility index (Phi) is 2.19. The molecule has 1 atom stereocenters. The first kappa shape index (κ1) is 8.52. The number of fused-ring (bicyclic) bond motifs is 1. The molecule has 1 heterocycles. The van der Waals surface area contributed by atoms with Crippen molar-refractivity contribution in [2.24, 2.45) is 0 Å². The van der Waals surface area contributed by atoms with Gasteiger partial charge in [0.15, 0.2) is 0 Å². The van der Waals surface area contributed by atoms with E-state index in [2.05, 4.69) is 11.1 Å². The van der Waals surface area contributed by atoms with Gasteiger partial charge >= 0.3 is 0 Å². The Morgan fingerprint density at radius 1 is 1.31 bits per heavy atom. The Hall–Kier alpha value is -1.08. The summed E-state index contributed by atoms with van der Waals surface area (Å²) in [7, 11) is 0. The molecule has 0 saturated heterocycles. The van der Waals surface area contributed by atoms with Crippen LogP contribution in [0.1, 0.15) is 17.9 Å². The summed E-state index contributed by atoms with van der Waals surface area (Å²) in [4.78, 5) is 4.07. The molecule has 0 radical (unpaired) electrons. The molecule has 0 bridgehead atoms. The van der Waals surface area contributed by atoms with E-state index in [1.165, 1.54) is 10.9 Å². The van der Waals surface area contributed by atoms with E-state index in [1.807, 2.05) is 31.3 Å². The zero-order chi connectivity index (χ0) is 9.26. The molecular formula is C11H10ClN. The predicted octanol–water partition coefficient (Wildman–Crippen LogP) is 3.53. The number of hydrogen-bond acceptors (Lipinski definition) is 1. The maximum Gasteiger partial charge on any atom is 0.0563 e. The highest BCUT2D eigenvalue weighted by molar-refractivity contribution is 6.21. The maximum atomic E-state index is 6.06. The highest BCUT2D eigenvalue weighted by Gasteiger charge is 2.04. The Labute approximate surface area is 82.4 Å². The van der Waals surface area contributed by atoms with Crippen LogP contribution in [0, 0.1) is 0 Å². The lowest BCUT2D eigenvalue weighted by Crippen LogP contribution is -1.86. The molecule has 0 N–H and O–H groups in total. The van der Waals surface area contributed by atoms with Crippen LogP contribution in [-0.4, -0.2) is 4.98 Å². The summed E-state index contributed by atoms with van der Waals surface area (Å²) in [5.74, 6) is 0. The highest BCUT2D eigenvalue weighted by Crippen LogP contribution is 2.26. The lowest BCUT2D eigenvalue weighted by molar-refractivity contribution is 1.10. The second-order valence-corrected chi connectivity index (χ2v) is 3.71. The molecule has 0 fully saturated rings. The van der Waals surface area contributed by atoms with Gasteiger partial charge in [0.1, 0.15) is 0 Å². The van der Waals surface area contributed by atoms with Crippen LogP contribution in [0.4, 0.5) is 0 Å². The van der Waals surface area contributed by atoms with Gasteiger partial charge in [-0.15, -0.1) is 11.6 Å². The number of aromatic nitrogens is 1. The van der Waals surface area contributed by atoms with E-state index in [4.69, 9.17) is 11.6 Å². The van der Waals surface area contributed by atoms with Crippen LogP contribution in [0.15, 0.2) is 36.7 Å². The first-order valence-electron chi connectivity index (χ1n) is 4.26. The van der Waals surface area contributed by atoms with E-state index in [0.717, 1.165) is 5.39 Å². The SMILES string of the molecule is CC(Cl)c1cccc2cnccc12. The molecule has 13 heavy (non-hydrogen) atoms. The van der Waals surface area contributed by atoms with Crippen molar-refractivity contribution < 1.29 is 0 Å². The van der Waals surface area contributed by atoms with Crippen LogP contribution >= 0.6 is 11.6 Å². The molecule has 66 valence electrons. The standard InChI is InChI=1S/C11H10ClN/c1-8(12)10-4-2-3-9-7-13-6-5-11(9)10/h2-8H,1H3. The van der Waals surface area contributed by atoms with Crippen LogP contribution < -0.4 is 0 Å². The number of pyridine rings is 1. The third-order valence-corrected chi connectivity index (χ3v) is 2.38. The molecular weight excluding hydrogens is 182 g/mol. The fourth-order valence-corrected chi connectivity index (χ4v) is 1.68. The molecule has 0 aliphatic heterocycles. The van der Waals surface area contributed by atoms with Crippen LogP contribution in [0.25, 0.3) is 10.8 Å². The fourth-order valence-electron chi connectivity index (χ4n) is 1.49. The smallest absolute Gasteiger partial charge is 0.0563 e. The Morgan fingerprint density at radius 3 is 2.92 bits per heavy atom. The van der Waals surface area contributed by atoms with Crippen molar-refractivity contribution in [1.82, 2.24) is 4.98 Å². The number of nitrogens with zero attached hydrogens (tertiary/aromatic N) is 1. The number of halogens is 1. The topological polar surface area (TPSA) is 12.9 Å². The summed E-state index contributed by atoms with van der Waals surface area (Å²) in [6.45, 7) is 1.98. The average molecular weight is 192 g/mol. The Balaban J connectivity index is 2.76. The van der Waals surface area contributed by atoms with Crippen molar-refractivity contribution in [3.8, 4) is 0 Å². The monoisotopic (exact) mass is 191 g/mol. The molecule has 2 aromatic rings. The van der Waals surface area contributed by atoms with Gasteiger partial charge in [0.25, 0.3) is 0 Å². The average Bonchev–Trinajstić information content (AvgIpc) is 2.17. The molecule has 0 aliphatic rings. The lowest BCUT2D eigenvalue weighted by Gasteiger charge is -2.06. The molecule has 1 aromatic carbocycles. The van der Waals surface area contributed by atoms with Crippen LogP contribution in [0.5, 0.6) is 0 Å². The molecule has 2 heteroatoms. The third-order valence-electron chi connectivity index (χ3n) is 2.14.